The average Bonchev–Trinajstić information content (AvgIpc) is 2.32. The number of hydrogen-bond donors (Lipinski definition) is 1. The summed E-state index contributed by atoms with van der Waals surface area (Å²) in [7, 11) is -24.3. The van der Waals surface area contributed by atoms with Crippen LogP contribution < -0.4 is 4.86 Å². The Morgan fingerprint density at radius 1 is 0.731 bits per heavy atom. The topological polar surface area (TPSA) is 89.2 Å². The van der Waals surface area contributed by atoms with Gasteiger partial charge >= 0.3 is 23.2 Å². The molecule has 0 spiro atoms. The minimum absolute atomic E-state index is 0.352. The third-order valence-corrected chi connectivity index (χ3v) is 14.4. The normalized spacial score (nSPS) is 44.2. The van der Waals surface area contributed by atoms with E-state index in [0.29, 0.717) is 0 Å². The van der Waals surface area contributed by atoms with Gasteiger partial charge in [0.25, 0.3) is 0 Å². The Morgan fingerprint density at radius 2 is 1.08 bits per heavy atom. The molecule has 0 radical (unpaired) electrons. The minimum atomic E-state index is -5.09. The summed E-state index contributed by atoms with van der Waals surface area (Å²) < 4.78 is 101. The quantitative estimate of drug-likeness (QED) is 0.303. The zero-order valence-electron chi connectivity index (χ0n) is 14.5. The molecular weight excluding hydrogens is 464 g/mol. The Kier molecular flexibility index (Phi) is 8.59. The molecule has 1 aliphatic rings. The highest BCUT2D eigenvalue weighted by atomic mass is 31.3. The fourth-order valence-electron chi connectivity index (χ4n) is 1.68. The summed E-state index contributed by atoms with van der Waals surface area (Å²) >= 11 is 0. The molecule has 1 rings (SSSR count). The maximum atomic E-state index is 15.1. The second-order valence-electron chi connectivity index (χ2n) is 4.66. The van der Waals surface area contributed by atoms with Crippen molar-refractivity contribution >= 4 is 44.5 Å². The van der Waals surface area contributed by atoms with E-state index in [1.165, 1.54) is 20.8 Å². The first-order chi connectivity index (χ1) is 11.7. The van der Waals surface area contributed by atoms with Crippen LogP contribution in [0, 0.1) is 0 Å². The first-order valence-electron chi connectivity index (χ1n) is 7.19. The van der Waals surface area contributed by atoms with E-state index in [2.05, 4.69) is 37.9 Å². The molecule has 156 valence electrons. The summed E-state index contributed by atoms with van der Waals surface area (Å²) in [4.78, 5) is 1.68. The molecule has 0 aromatic rings. The lowest BCUT2D eigenvalue weighted by molar-refractivity contribution is 0.333. The van der Waals surface area contributed by atoms with Gasteiger partial charge in [0.15, 0.2) is 0 Å². The van der Waals surface area contributed by atoms with Crippen molar-refractivity contribution < 1.29 is 34.6 Å². The highest BCUT2D eigenvalue weighted by Gasteiger charge is 2.38. The summed E-state index contributed by atoms with van der Waals surface area (Å²) in [5.41, 5.74) is 0. The molecule has 0 aromatic carbocycles. The number of nitrogens with one attached hydrogen (secondary N) is 1. The zero-order chi connectivity index (χ0) is 20.3. The molecule has 5 atom stereocenters. The van der Waals surface area contributed by atoms with Gasteiger partial charge in [0.2, 0.25) is 15.0 Å². The molecule has 0 saturated carbocycles. The van der Waals surface area contributed by atoms with Crippen LogP contribution in [0.1, 0.15) is 20.8 Å². The SMILES string of the molecule is C=P1(F)N=P(F)(OCC)N=P(F)(OCC)N=P(F)(OCC)N=P(C)(F)N1. The van der Waals surface area contributed by atoms with Crippen molar-refractivity contribution in [3.05, 3.63) is 0 Å². The Morgan fingerprint density at radius 3 is 1.46 bits per heavy atom. The fraction of sp³-hybridized carbons (Fsp3) is 0.875. The van der Waals surface area contributed by atoms with Gasteiger partial charge in [-0.15, -0.1) is 9.03 Å². The largest absolute Gasteiger partial charge is 0.387 e. The second-order valence-corrected chi connectivity index (χ2v) is 15.0. The molecule has 0 amide bonds. The van der Waals surface area contributed by atoms with Crippen LogP contribution in [0.5, 0.6) is 0 Å². The first-order valence-corrected chi connectivity index (χ1v) is 15.6. The number of nitrogens with zero attached hydrogens (tertiary/aromatic N) is 4. The van der Waals surface area contributed by atoms with E-state index in [1.54, 1.807) is 4.86 Å². The summed E-state index contributed by atoms with van der Waals surface area (Å²) in [6, 6.07) is 0. The van der Waals surface area contributed by atoms with Gasteiger partial charge in [-0.2, -0.15) is 34.9 Å². The van der Waals surface area contributed by atoms with Crippen LogP contribution in [-0.2, 0) is 13.6 Å². The van der Waals surface area contributed by atoms with Crippen molar-refractivity contribution in [2.45, 2.75) is 20.8 Å². The van der Waals surface area contributed by atoms with Gasteiger partial charge in [-0.1, -0.05) is 0 Å². The third kappa shape index (κ3) is 7.62. The lowest BCUT2D eigenvalue weighted by Gasteiger charge is -2.24. The molecule has 8 nitrogen and oxygen atoms in total. The van der Waals surface area contributed by atoms with Gasteiger partial charge in [0, 0.05) is 6.66 Å². The highest BCUT2D eigenvalue weighted by Crippen LogP contribution is 2.79. The van der Waals surface area contributed by atoms with Crippen LogP contribution in [-0.4, -0.2) is 32.8 Å². The molecule has 18 heteroatoms. The van der Waals surface area contributed by atoms with Crippen molar-refractivity contribution in [1.29, 1.82) is 0 Å². The molecule has 26 heavy (non-hydrogen) atoms. The van der Waals surface area contributed by atoms with Crippen LogP contribution >= 0.6 is 38.2 Å². The standard InChI is InChI=1S/C8H21F5N5O3P5/c1-6-19-24(11)15-22(4,9)14-23(5,10)16-25(12,20-7-2)18-26(13,17-24)21-8-3/h14H,4,6-8H2,1-3,5H3. The van der Waals surface area contributed by atoms with E-state index in [4.69, 9.17) is 0 Å². The Balaban J connectivity index is 3.97. The molecular formula is C8H21F5N5O3P5. The smallest absolute Gasteiger partial charge is 0.303 e. The van der Waals surface area contributed by atoms with Crippen LogP contribution in [0.4, 0.5) is 21.0 Å². The van der Waals surface area contributed by atoms with Crippen molar-refractivity contribution in [3.8, 4) is 0 Å². The van der Waals surface area contributed by atoms with Crippen molar-refractivity contribution in [2.24, 2.45) is 18.1 Å². The van der Waals surface area contributed by atoms with Crippen molar-refractivity contribution in [2.75, 3.05) is 26.5 Å². The highest BCUT2D eigenvalue weighted by molar-refractivity contribution is 7.84. The molecule has 0 fully saturated rings. The monoisotopic (exact) mass is 485 g/mol. The van der Waals surface area contributed by atoms with E-state index in [9.17, 15) is 16.8 Å². The molecule has 0 saturated heterocycles. The zero-order valence-corrected chi connectivity index (χ0v) is 18.9. The van der Waals surface area contributed by atoms with Crippen LogP contribution in [0.25, 0.3) is 0 Å². The van der Waals surface area contributed by atoms with Gasteiger partial charge in [0.05, 0.1) is 19.8 Å². The molecule has 1 heterocycles. The number of halogens is 5. The van der Waals surface area contributed by atoms with E-state index < -0.39 is 38.2 Å². The third-order valence-electron chi connectivity index (χ3n) is 2.19. The van der Waals surface area contributed by atoms with Gasteiger partial charge in [0.1, 0.15) is 0 Å². The van der Waals surface area contributed by atoms with Crippen LogP contribution in [0.2, 0.25) is 0 Å². The van der Waals surface area contributed by atoms with Gasteiger partial charge in [-0.05, 0) is 27.1 Å². The predicted octanol–water partition coefficient (Wildman–Crippen LogP) is 8.24. The lowest BCUT2D eigenvalue weighted by atomic mass is 10.9. The van der Waals surface area contributed by atoms with E-state index in [-0.39, 0.29) is 19.8 Å². The summed E-state index contributed by atoms with van der Waals surface area (Å²) in [6.07, 6.45) is 2.97. The van der Waals surface area contributed by atoms with E-state index in [0.717, 1.165) is 6.66 Å². The second kappa shape index (κ2) is 9.02. The first kappa shape index (κ1) is 24.7. The van der Waals surface area contributed by atoms with Crippen molar-refractivity contribution in [1.82, 2.24) is 4.86 Å². The maximum absolute atomic E-state index is 15.1. The minimum Gasteiger partial charge on any atom is -0.303 e. The number of hydrogen-bond acceptors (Lipinski definition) is 8. The van der Waals surface area contributed by atoms with Crippen LogP contribution in [0.15, 0.2) is 18.1 Å². The predicted molar refractivity (Wildman–Crippen MR) is 101 cm³/mol. The van der Waals surface area contributed by atoms with E-state index >= 15 is 4.20 Å². The van der Waals surface area contributed by atoms with Gasteiger partial charge < -0.3 is 13.6 Å². The molecule has 0 bridgehead atoms. The molecule has 0 aromatic heterocycles. The summed E-state index contributed by atoms with van der Waals surface area (Å²) in [5.74, 6) is 0. The maximum Gasteiger partial charge on any atom is 0.387 e. The van der Waals surface area contributed by atoms with Gasteiger partial charge in [-0.25, -0.2) is 0 Å². The Hall–Kier alpha value is 0.710. The van der Waals surface area contributed by atoms with E-state index in [1.807, 2.05) is 0 Å². The summed E-state index contributed by atoms with van der Waals surface area (Å²) in [6.45, 7) is 3.60. The summed E-state index contributed by atoms with van der Waals surface area (Å²) in [5, 5.41) is 0. The Labute approximate surface area is 150 Å². The molecule has 5 unspecified atom stereocenters. The number of rotatable bonds is 6. The molecule has 1 aliphatic heterocycles. The van der Waals surface area contributed by atoms with Crippen molar-refractivity contribution in [3.63, 3.8) is 0 Å². The lowest BCUT2D eigenvalue weighted by Crippen LogP contribution is -2.00. The van der Waals surface area contributed by atoms with Crippen LogP contribution in [0.3, 0.4) is 0 Å². The van der Waals surface area contributed by atoms with Gasteiger partial charge in [-0.3, -0.25) is 0 Å². The molecule has 1 N–H and O–H groups in total. The Bertz CT molecular complexity index is 798. The molecule has 0 aliphatic carbocycles. The average molecular weight is 485 g/mol. The fourth-order valence-corrected chi connectivity index (χ4v) is 13.8.